The van der Waals surface area contributed by atoms with Crippen molar-refractivity contribution in [2.24, 2.45) is 5.41 Å². The molecule has 2 aromatic heterocycles. The number of sulfonamides is 1. The number of aromatic nitrogens is 3. The first-order valence-electron chi connectivity index (χ1n) is 13.1. The Morgan fingerprint density at radius 2 is 1.85 bits per heavy atom. The van der Waals surface area contributed by atoms with Gasteiger partial charge in [-0.15, -0.1) is 0 Å². The summed E-state index contributed by atoms with van der Waals surface area (Å²) in [6.45, 7) is 1.00. The Hall–Kier alpha value is -3.32. The van der Waals surface area contributed by atoms with Crippen molar-refractivity contribution in [1.29, 1.82) is 0 Å². The Morgan fingerprint density at radius 1 is 1.10 bits per heavy atom. The molecule has 0 atom stereocenters. The van der Waals surface area contributed by atoms with Crippen LogP contribution < -0.4 is 14.9 Å². The van der Waals surface area contributed by atoms with Crippen molar-refractivity contribution in [3.8, 4) is 0 Å². The van der Waals surface area contributed by atoms with Gasteiger partial charge in [-0.25, -0.2) is 26.9 Å². The van der Waals surface area contributed by atoms with E-state index in [2.05, 4.69) is 25.0 Å². The second-order valence-electron chi connectivity index (χ2n) is 10.9. The van der Waals surface area contributed by atoms with Crippen LogP contribution in [-0.2, 0) is 10.0 Å². The van der Waals surface area contributed by atoms with E-state index >= 15 is 0 Å². The number of benzene rings is 1. The number of piperidine rings is 1. The van der Waals surface area contributed by atoms with Crippen molar-refractivity contribution < 1.29 is 27.1 Å². The molecule has 10 nitrogen and oxygen atoms in total. The molecule has 1 aromatic carbocycles. The smallest absolute Gasteiger partial charge is 0.258 e. The Labute approximate surface area is 224 Å². The zero-order valence-corrected chi connectivity index (χ0v) is 22.1. The molecule has 1 amide bonds. The fourth-order valence-corrected chi connectivity index (χ4v) is 6.37. The molecule has 3 aliphatic rings. The van der Waals surface area contributed by atoms with Crippen LogP contribution in [0.3, 0.4) is 0 Å². The number of carbonyl (C=O) groups is 1. The number of hydrogen-bond donors (Lipinski definition) is 3. The van der Waals surface area contributed by atoms with Gasteiger partial charge in [-0.1, -0.05) is 0 Å². The summed E-state index contributed by atoms with van der Waals surface area (Å²) in [5.41, 5.74) is 2.11. The van der Waals surface area contributed by atoms with Crippen LogP contribution in [0.15, 0.2) is 36.5 Å². The van der Waals surface area contributed by atoms with Gasteiger partial charge in [0, 0.05) is 31.3 Å². The normalized spacial score (nSPS) is 20.1. The molecular weight excluding hydrogens is 530 g/mol. The quantitative estimate of drug-likeness (QED) is 0.383. The number of aliphatic hydroxyl groups is 1. The summed E-state index contributed by atoms with van der Waals surface area (Å²) in [4.78, 5) is 20.1. The average Bonchev–Trinajstić information content (AvgIpc) is 3.49. The molecule has 1 aliphatic heterocycles. The van der Waals surface area contributed by atoms with Crippen LogP contribution in [0.1, 0.15) is 54.9 Å². The van der Waals surface area contributed by atoms with Crippen LogP contribution in [0.4, 0.5) is 26.0 Å². The van der Waals surface area contributed by atoms with E-state index in [1.165, 1.54) is 23.6 Å². The van der Waals surface area contributed by atoms with Gasteiger partial charge in [0.1, 0.15) is 5.82 Å². The lowest BCUT2D eigenvalue weighted by Gasteiger charge is -2.35. The van der Waals surface area contributed by atoms with E-state index in [1.807, 2.05) is 0 Å². The molecule has 3 heterocycles. The number of aliphatic hydroxyl groups excluding tert-OH is 1. The Kier molecular flexibility index (Phi) is 6.25. The maximum Gasteiger partial charge on any atom is 0.258 e. The van der Waals surface area contributed by atoms with E-state index in [0.29, 0.717) is 33.4 Å². The van der Waals surface area contributed by atoms with Crippen LogP contribution in [-0.4, -0.2) is 65.6 Å². The number of alkyl halides is 2. The third-order valence-corrected chi connectivity index (χ3v) is 9.36. The number of nitrogens with one attached hydrogen (secondary N) is 2. The first-order chi connectivity index (χ1) is 18.6. The van der Waals surface area contributed by atoms with Crippen molar-refractivity contribution in [2.75, 3.05) is 40.4 Å². The summed E-state index contributed by atoms with van der Waals surface area (Å²) in [6.07, 6.45) is 5.45. The lowest BCUT2D eigenvalue weighted by Crippen LogP contribution is -2.37. The zero-order valence-electron chi connectivity index (χ0n) is 21.2. The number of amides is 1. The van der Waals surface area contributed by atoms with Gasteiger partial charge in [-0.05, 0) is 61.4 Å². The van der Waals surface area contributed by atoms with E-state index < -0.39 is 40.3 Å². The first-order valence-corrected chi connectivity index (χ1v) is 14.7. The number of fused-ring (bicyclic) bond motifs is 1. The number of halogens is 2. The molecule has 1 saturated heterocycles. The Bertz CT molecular complexity index is 1520. The molecule has 2 saturated carbocycles. The Morgan fingerprint density at radius 3 is 2.51 bits per heavy atom. The van der Waals surface area contributed by atoms with E-state index in [1.54, 1.807) is 30.5 Å². The highest BCUT2D eigenvalue weighted by molar-refractivity contribution is 7.92. The number of rotatable bonds is 8. The van der Waals surface area contributed by atoms with Gasteiger partial charge in [0.05, 0.1) is 41.5 Å². The van der Waals surface area contributed by atoms with Gasteiger partial charge in [0.15, 0.2) is 5.65 Å². The van der Waals surface area contributed by atoms with Crippen LogP contribution in [0, 0.1) is 5.41 Å². The van der Waals surface area contributed by atoms with Gasteiger partial charge in [0.25, 0.3) is 11.8 Å². The van der Waals surface area contributed by atoms with Crippen molar-refractivity contribution in [3.05, 3.63) is 42.1 Å². The molecule has 3 N–H and O–H groups in total. The van der Waals surface area contributed by atoms with Gasteiger partial charge in [-0.3, -0.25) is 9.52 Å². The fraction of sp³-hybridized carbons (Fsp3) is 0.500. The summed E-state index contributed by atoms with van der Waals surface area (Å²) in [5, 5.41) is 16.8. The SMILES string of the molecule is O=C(Nc1ccc2cnn(C3CC(F)(F)C3)c2n1)c1ccc(NS(=O)(=O)CCO)cc1N1CCC2(CC1)CC2. The molecule has 0 unspecified atom stereocenters. The maximum atomic E-state index is 13.5. The average molecular weight is 561 g/mol. The predicted octanol–water partition coefficient (Wildman–Crippen LogP) is 3.77. The molecule has 1 spiro atoms. The van der Waals surface area contributed by atoms with Crippen LogP contribution in [0.5, 0.6) is 0 Å². The van der Waals surface area contributed by atoms with Crippen LogP contribution in [0.2, 0.25) is 0 Å². The van der Waals surface area contributed by atoms with Crippen LogP contribution in [0.25, 0.3) is 11.0 Å². The molecule has 2 aliphatic carbocycles. The van der Waals surface area contributed by atoms with Gasteiger partial charge in [-0.2, -0.15) is 5.10 Å². The number of hydrogen-bond acceptors (Lipinski definition) is 7. The second kappa shape index (κ2) is 9.40. The molecule has 0 radical (unpaired) electrons. The summed E-state index contributed by atoms with van der Waals surface area (Å²) >= 11 is 0. The minimum Gasteiger partial charge on any atom is -0.395 e. The van der Waals surface area contributed by atoms with Crippen molar-refractivity contribution in [2.45, 2.75) is 50.5 Å². The van der Waals surface area contributed by atoms with Crippen molar-refractivity contribution in [3.63, 3.8) is 0 Å². The topological polar surface area (TPSA) is 129 Å². The highest BCUT2D eigenvalue weighted by Crippen LogP contribution is 2.54. The molecule has 39 heavy (non-hydrogen) atoms. The summed E-state index contributed by atoms with van der Waals surface area (Å²) in [5.74, 6) is -3.29. The lowest BCUT2D eigenvalue weighted by molar-refractivity contribution is -0.106. The van der Waals surface area contributed by atoms with Crippen molar-refractivity contribution >= 4 is 44.2 Å². The van der Waals surface area contributed by atoms with Gasteiger partial charge in [0.2, 0.25) is 10.0 Å². The van der Waals surface area contributed by atoms with E-state index in [0.717, 1.165) is 25.9 Å². The first kappa shape index (κ1) is 25.9. The van der Waals surface area contributed by atoms with Crippen molar-refractivity contribution in [1.82, 2.24) is 14.8 Å². The predicted molar refractivity (Wildman–Crippen MR) is 143 cm³/mol. The largest absolute Gasteiger partial charge is 0.395 e. The molecule has 6 rings (SSSR count). The molecule has 3 aromatic rings. The minimum absolute atomic E-state index is 0.259. The van der Waals surface area contributed by atoms with E-state index in [-0.39, 0.29) is 18.7 Å². The standard InChI is InChI=1S/C26H30F2N6O4S/c27-26(28)14-19(15-26)34-23-17(16-29-34)1-4-22(30-23)31-24(36)20-3-2-18(32-39(37,38)12-11-35)13-21(20)33-9-7-25(5-6-25)8-10-33/h1-4,13,16,19,32,35H,5-12,14-15H2,(H,30,31,36). The van der Waals surface area contributed by atoms with E-state index in [9.17, 15) is 22.0 Å². The number of pyridine rings is 1. The third kappa shape index (κ3) is 5.29. The molecular formula is C26H30F2N6O4S. The number of carbonyl (C=O) groups excluding carboxylic acids is 1. The summed E-state index contributed by atoms with van der Waals surface area (Å²) < 4.78 is 55.3. The lowest BCUT2D eigenvalue weighted by atomic mass is 9.88. The molecule has 0 bridgehead atoms. The van der Waals surface area contributed by atoms with E-state index in [4.69, 9.17) is 5.11 Å². The summed E-state index contributed by atoms with van der Waals surface area (Å²) in [6, 6.07) is 7.66. The molecule has 208 valence electrons. The highest BCUT2D eigenvalue weighted by atomic mass is 32.2. The third-order valence-electron chi connectivity index (χ3n) is 8.10. The van der Waals surface area contributed by atoms with Crippen LogP contribution >= 0.6 is 0 Å². The zero-order chi connectivity index (χ0) is 27.4. The highest BCUT2D eigenvalue weighted by Gasteiger charge is 2.47. The number of anilines is 3. The summed E-state index contributed by atoms with van der Waals surface area (Å²) in [7, 11) is -3.74. The maximum absolute atomic E-state index is 13.5. The second-order valence-corrected chi connectivity index (χ2v) is 12.8. The number of nitrogens with zero attached hydrogens (tertiary/aromatic N) is 4. The molecule has 13 heteroatoms. The van der Waals surface area contributed by atoms with Gasteiger partial charge >= 0.3 is 0 Å². The minimum atomic E-state index is -3.74. The Balaban J connectivity index is 1.27. The molecule has 3 fully saturated rings. The fourth-order valence-electron chi connectivity index (χ4n) is 5.54. The van der Waals surface area contributed by atoms with Gasteiger partial charge < -0.3 is 15.3 Å². The monoisotopic (exact) mass is 560 g/mol.